The van der Waals surface area contributed by atoms with Crippen LogP contribution in [0.5, 0.6) is 0 Å². The van der Waals surface area contributed by atoms with E-state index in [1.165, 1.54) is 34.0 Å². The van der Waals surface area contributed by atoms with E-state index >= 15 is 0 Å². The SMILES string of the molecule is C1=Nc2cc(CN3CC[C@@H](Nc4cccc5cnccc45)C3)ccc2C1. The van der Waals surface area contributed by atoms with E-state index in [1.807, 2.05) is 18.6 Å². The van der Waals surface area contributed by atoms with Crippen LogP contribution in [0, 0.1) is 0 Å². The molecule has 3 heterocycles. The molecule has 0 unspecified atom stereocenters. The van der Waals surface area contributed by atoms with Gasteiger partial charge in [0.2, 0.25) is 0 Å². The van der Waals surface area contributed by atoms with Crippen molar-refractivity contribution in [2.45, 2.75) is 25.4 Å². The molecular weight excluding hydrogens is 320 g/mol. The van der Waals surface area contributed by atoms with Gasteiger partial charge >= 0.3 is 0 Å². The van der Waals surface area contributed by atoms with E-state index < -0.39 is 0 Å². The van der Waals surface area contributed by atoms with Gasteiger partial charge in [-0.1, -0.05) is 24.3 Å². The zero-order valence-electron chi connectivity index (χ0n) is 14.7. The van der Waals surface area contributed by atoms with Crippen molar-refractivity contribution < 1.29 is 0 Å². The molecule has 0 aliphatic carbocycles. The number of hydrogen-bond acceptors (Lipinski definition) is 4. The second kappa shape index (κ2) is 6.54. The molecule has 1 N–H and O–H groups in total. The van der Waals surface area contributed by atoms with Crippen molar-refractivity contribution in [2.24, 2.45) is 4.99 Å². The minimum Gasteiger partial charge on any atom is -0.380 e. The summed E-state index contributed by atoms with van der Waals surface area (Å²) >= 11 is 0. The Labute approximate surface area is 153 Å². The van der Waals surface area contributed by atoms with Gasteiger partial charge in [-0.05, 0) is 35.7 Å². The molecule has 2 aliphatic rings. The monoisotopic (exact) mass is 342 g/mol. The standard InChI is InChI=1S/C22H22N4/c1-2-18-13-23-9-7-20(18)21(3-1)25-19-8-11-26(15-19)14-16-4-5-17-6-10-24-22(17)12-16/h1-5,7,9-10,12-13,19,25H,6,8,11,14-15H2/t19-/m1/s1. The van der Waals surface area contributed by atoms with Crippen LogP contribution >= 0.6 is 0 Å². The van der Waals surface area contributed by atoms with Crippen molar-refractivity contribution in [1.82, 2.24) is 9.88 Å². The third-order valence-electron chi connectivity index (χ3n) is 5.41. The zero-order valence-corrected chi connectivity index (χ0v) is 14.7. The molecule has 0 amide bonds. The molecule has 26 heavy (non-hydrogen) atoms. The van der Waals surface area contributed by atoms with Gasteiger partial charge in [-0.15, -0.1) is 0 Å². The van der Waals surface area contributed by atoms with Gasteiger partial charge in [0, 0.05) is 67.2 Å². The third kappa shape index (κ3) is 2.97. The van der Waals surface area contributed by atoms with E-state index in [0.29, 0.717) is 6.04 Å². The van der Waals surface area contributed by atoms with Gasteiger partial charge in [0.25, 0.3) is 0 Å². The van der Waals surface area contributed by atoms with Crippen LogP contribution < -0.4 is 5.32 Å². The number of aliphatic imine (C=N–C) groups is 1. The van der Waals surface area contributed by atoms with Crippen molar-refractivity contribution in [1.29, 1.82) is 0 Å². The van der Waals surface area contributed by atoms with E-state index in [9.17, 15) is 0 Å². The summed E-state index contributed by atoms with van der Waals surface area (Å²) in [6, 6.07) is 15.7. The summed E-state index contributed by atoms with van der Waals surface area (Å²) in [4.78, 5) is 11.2. The molecule has 0 saturated carbocycles. The van der Waals surface area contributed by atoms with Crippen molar-refractivity contribution in [3.05, 3.63) is 66.0 Å². The fraction of sp³-hybridized carbons (Fsp3) is 0.273. The molecule has 0 radical (unpaired) electrons. The Morgan fingerprint density at radius 1 is 1.15 bits per heavy atom. The second-order valence-corrected chi connectivity index (χ2v) is 7.25. The van der Waals surface area contributed by atoms with Crippen LogP contribution in [0.4, 0.5) is 11.4 Å². The van der Waals surface area contributed by atoms with Gasteiger partial charge in [0.15, 0.2) is 0 Å². The summed E-state index contributed by atoms with van der Waals surface area (Å²) in [5.74, 6) is 0. The number of fused-ring (bicyclic) bond motifs is 2. The second-order valence-electron chi connectivity index (χ2n) is 7.25. The van der Waals surface area contributed by atoms with Crippen LogP contribution in [0.15, 0.2) is 59.9 Å². The first-order valence-electron chi connectivity index (χ1n) is 9.31. The molecule has 1 fully saturated rings. The molecule has 5 rings (SSSR count). The molecule has 1 aromatic heterocycles. The number of rotatable bonds is 4. The normalized spacial score (nSPS) is 19.2. The van der Waals surface area contributed by atoms with E-state index in [4.69, 9.17) is 0 Å². The number of anilines is 1. The smallest absolute Gasteiger partial charge is 0.0664 e. The van der Waals surface area contributed by atoms with Gasteiger partial charge < -0.3 is 5.32 Å². The Morgan fingerprint density at radius 3 is 3.15 bits per heavy atom. The molecule has 130 valence electrons. The minimum absolute atomic E-state index is 0.487. The zero-order chi connectivity index (χ0) is 17.3. The van der Waals surface area contributed by atoms with Gasteiger partial charge in [-0.2, -0.15) is 0 Å². The van der Waals surface area contributed by atoms with Gasteiger partial charge in [0.1, 0.15) is 0 Å². The molecule has 3 aromatic rings. The predicted molar refractivity (Wildman–Crippen MR) is 107 cm³/mol. The first kappa shape index (κ1) is 15.5. The van der Waals surface area contributed by atoms with Gasteiger partial charge in [0.05, 0.1) is 5.69 Å². The minimum atomic E-state index is 0.487. The average Bonchev–Trinajstić information content (AvgIpc) is 3.31. The van der Waals surface area contributed by atoms with E-state index in [1.54, 1.807) is 0 Å². The van der Waals surface area contributed by atoms with Crippen LogP contribution in [0.2, 0.25) is 0 Å². The quantitative estimate of drug-likeness (QED) is 0.773. The number of benzene rings is 2. The lowest BCUT2D eigenvalue weighted by Crippen LogP contribution is -2.26. The molecule has 1 saturated heterocycles. The topological polar surface area (TPSA) is 40.5 Å². The summed E-state index contributed by atoms with van der Waals surface area (Å²) in [7, 11) is 0. The van der Waals surface area contributed by atoms with Crippen molar-refractivity contribution in [3.63, 3.8) is 0 Å². The first-order valence-corrected chi connectivity index (χ1v) is 9.31. The molecule has 0 spiro atoms. The van der Waals surface area contributed by atoms with E-state index in [2.05, 4.69) is 62.7 Å². The van der Waals surface area contributed by atoms with Crippen LogP contribution in [0.3, 0.4) is 0 Å². The van der Waals surface area contributed by atoms with Crippen LogP contribution in [-0.2, 0) is 13.0 Å². The lowest BCUT2D eigenvalue weighted by atomic mass is 10.1. The van der Waals surface area contributed by atoms with Crippen molar-refractivity contribution in [3.8, 4) is 0 Å². The van der Waals surface area contributed by atoms with Crippen molar-refractivity contribution in [2.75, 3.05) is 18.4 Å². The number of likely N-dealkylation sites (tertiary alicyclic amines) is 1. The first-order chi connectivity index (χ1) is 12.8. The average molecular weight is 342 g/mol. The summed E-state index contributed by atoms with van der Waals surface area (Å²) in [5, 5.41) is 6.18. The number of aromatic nitrogens is 1. The molecular formula is C22H22N4. The Morgan fingerprint density at radius 2 is 2.15 bits per heavy atom. The highest BCUT2D eigenvalue weighted by molar-refractivity contribution is 5.93. The summed E-state index contributed by atoms with van der Waals surface area (Å²) in [6.45, 7) is 3.20. The molecule has 0 bridgehead atoms. The summed E-state index contributed by atoms with van der Waals surface area (Å²) in [6.07, 6.45) is 7.95. The lowest BCUT2D eigenvalue weighted by Gasteiger charge is -2.18. The molecule has 4 heteroatoms. The number of nitrogens with zero attached hydrogens (tertiary/aromatic N) is 3. The largest absolute Gasteiger partial charge is 0.380 e. The Kier molecular flexibility index (Phi) is 3.91. The Balaban J connectivity index is 1.26. The van der Waals surface area contributed by atoms with Crippen molar-refractivity contribution >= 4 is 28.4 Å². The summed E-state index contributed by atoms with van der Waals surface area (Å²) < 4.78 is 0. The number of pyridine rings is 1. The van der Waals surface area contributed by atoms with Gasteiger partial charge in [-0.25, -0.2) is 0 Å². The highest BCUT2D eigenvalue weighted by atomic mass is 15.2. The molecule has 1 atom stereocenters. The van der Waals surface area contributed by atoms with E-state index in [-0.39, 0.29) is 0 Å². The maximum atomic E-state index is 4.47. The molecule has 2 aliphatic heterocycles. The fourth-order valence-electron chi connectivity index (χ4n) is 4.06. The predicted octanol–water partition coefficient (Wildman–Crippen LogP) is 4.18. The Hall–Kier alpha value is -2.72. The number of hydrogen-bond donors (Lipinski definition) is 1. The van der Waals surface area contributed by atoms with Crippen LogP contribution in [-0.4, -0.2) is 35.2 Å². The maximum absolute atomic E-state index is 4.47. The van der Waals surface area contributed by atoms with Crippen LogP contribution in [0.25, 0.3) is 10.8 Å². The number of nitrogens with one attached hydrogen (secondary N) is 1. The molecule has 4 nitrogen and oxygen atoms in total. The maximum Gasteiger partial charge on any atom is 0.0664 e. The highest BCUT2D eigenvalue weighted by Gasteiger charge is 2.23. The third-order valence-corrected chi connectivity index (χ3v) is 5.41. The highest BCUT2D eigenvalue weighted by Crippen LogP contribution is 2.28. The van der Waals surface area contributed by atoms with E-state index in [0.717, 1.165) is 31.7 Å². The van der Waals surface area contributed by atoms with Gasteiger partial charge in [-0.3, -0.25) is 14.9 Å². The fourth-order valence-corrected chi connectivity index (χ4v) is 4.06. The molecule has 2 aromatic carbocycles. The van der Waals surface area contributed by atoms with Crippen LogP contribution in [0.1, 0.15) is 17.5 Å². The Bertz CT molecular complexity index is 974. The lowest BCUT2D eigenvalue weighted by molar-refractivity contribution is 0.329. The summed E-state index contributed by atoms with van der Waals surface area (Å²) in [5.41, 5.74) is 5.07.